The van der Waals surface area contributed by atoms with Gasteiger partial charge in [0.25, 0.3) is 0 Å². The van der Waals surface area contributed by atoms with E-state index in [1.165, 1.54) is 25.7 Å². The molecule has 0 heterocycles. The van der Waals surface area contributed by atoms with Gasteiger partial charge in [-0.2, -0.15) is 0 Å². The second-order valence-corrected chi connectivity index (χ2v) is 8.15. The van der Waals surface area contributed by atoms with Crippen molar-refractivity contribution in [1.29, 1.82) is 0 Å². The first-order chi connectivity index (χ1) is 9.20. The lowest BCUT2D eigenvalue weighted by atomic mass is 9.45. The quantitative estimate of drug-likeness (QED) is 0.619. The molecule has 0 aliphatic heterocycles. The van der Waals surface area contributed by atoms with Crippen LogP contribution in [0.25, 0.3) is 0 Å². The summed E-state index contributed by atoms with van der Waals surface area (Å²) in [7, 11) is 0. The van der Waals surface area contributed by atoms with Crippen LogP contribution in [0.4, 0.5) is 0 Å². The smallest absolute Gasteiger partial charge is 0.00737 e. The molecule has 0 nitrogen and oxygen atoms in total. The number of hydrogen-bond donors (Lipinski definition) is 0. The lowest BCUT2D eigenvalue weighted by Gasteiger charge is -2.59. The van der Waals surface area contributed by atoms with Crippen molar-refractivity contribution in [2.24, 2.45) is 46.8 Å². The van der Waals surface area contributed by atoms with Gasteiger partial charge in [-0.25, -0.2) is 0 Å². The van der Waals surface area contributed by atoms with Crippen LogP contribution in [0.2, 0.25) is 0 Å². The van der Waals surface area contributed by atoms with Crippen LogP contribution >= 0.6 is 0 Å². The molecule has 0 N–H and O–H groups in total. The fourth-order valence-corrected chi connectivity index (χ4v) is 7.77. The summed E-state index contributed by atoms with van der Waals surface area (Å²) in [5.74, 6) is 7.25. The molecule has 5 aliphatic rings. The molecule has 0 saturated heterocycles. The van der Waals surface area contributed by atoms with Gasteiger partial charge in [-0.05, 0) is 72.5 Å². The van der Waals surface area contributed by atoms with E-state index < -0.39 is 0 Å². The Morgan fingerprint density at radius 3 is 2.47 bits per heavy atom. The zero-order chi connectivity index (χ0) is 12.9. The second-order valence-electron chi connectivity index (χ2n) is 8.15. The number of allylic oxidation sites excluding steroid dienone is 4. The van der Waals surface area contributed by atoms with E-state index in [0.29, 0.717) is 5.41 Å². The molecule has 0 aromatic heterocycles. The van der Waals surface area contributed by atoms with E-state index in [4.69, 9.17) is 0 Å². The molecule has 3 saturated carbocycles. The van der Waals surface area contributed by atoms with Crippen molar-refractivity contribution in [3.8, 4) is 0 Å². The summed E-state index contributed by atoms with van der Waals surface area (Å²) in [6, 6.07) is 0. The van der Waals surface area contributed by atoms with E-state index in [9.17, 15) is 0 Å². The largest absolute Gasteiger partial charge is 0.0848 e. The van der Waals surface area contributed by atoms with Gasteiger partial charge in [0.1, 0.15) is 0 Å². The highest BCUT2D eigenvalue weighted by molar-refractivity contribution is 5.42. The van der Waals surface area contributed by atoms with Gasteiger partial charge < -0.3 is 0 Å². The lowest BCUT2D eigenvalue weighted by Crippen LogP contribution is -2.54. The van der Waals surface area contributed by atoms with Crippen molar-refractivity contribution in [2.75, 3.05) is 0 Å². The van der Waals surface area contributed by atoms with Crippen molar-refractivity contribution in [1.82, 2.24) is 0 Å². The van der Waals surface area contributed by atoms with Crippen molar-refractivity contribution in [3.63, 3.8) is 0 Å². The Morgan fingerprint density at radius 2 is 1.79 bits per heavy atom. The second kappa shape index (κ2) is 3.21. The van der Waals surface area contributed by atoms with Crippen LogP contribution in [0.5, 0.6) is 0 Å². The van der Waals surface area contributed by atoms with E-state index in [0.717, 1.165) is 41.4 Å². The van der Waals surface area contributed by atoms with Crippen LogP contribution in [0.3, 0.4) is 0 Å². The van der Waals surface area contributed by atoms with Crippen molar-refractivity contribution in [2.45, 2.75) is 46.5 Å². The summed E-state index contributed by atoms with van der Waals surface area (Å²) in [5, 5.41) is 0. The van der Waals surface area contributed by atoms with Crippen molar-refractivity contribution < 1.29 is 0 Å². The molecular formula is C19H26. The fourth-order valence-electron chi connectivity index (χ4n) is 7.77. The molecule has 7 unspecified atom stereocenters. The van der Waals surface area contributed by atoms with E-state index in [2.05, 4.69) is 32.9 Å². The average Bonchev–Trinajstić information content (AvgIpc) is 3.03. The van der Waals surface area contributed by atoms with Gasteiger partial charge in [-0.3, -0.25) is 0 Å². The van der Waals surface area contributed by atoms with Gasteiger partial charge in [0.15, 0.2) is 0 Å². The number of rotatable bonds is 2. The first-order valence-electron chi connectivity index (χ1n) is 8.61. The highest BCUT2D eigenvalue weighted by Crippen LogP contribution is 2.79. The van der Waals surface area contributed by atoms with Gasteiger partial charge in [-0.1, -0.05) is 44.1 Å². The summed E-state index contributed by atoms with van der Waals surface area (Å²) in [6.45, 7) is 7.45. The molecule has 5 rings (SSSR count). The molecule has 8 atom stereocenters. The van der Waals surface area contributed by atoms with Crippen LogP contribution in [-0.2, 0) is 0 Å². The summed E-state index contributed by atoms with van der Waals surface area (Å²) >= 11 is 0. The molecule has 3 fully saturated rings. The molecule has 0 aromatic rings. The van der Waals surface area contributed by atoms with E-state index in [-0.39, 0.29) is 0 Å². The van der Waals surface area contributed by atoms with Gasteiger partial charge in [0.2, 0.25) is 0 Å². The predicted molar refractivity (Wildman–Crippen MR) is 78.5 cm³/mol. The molecule has 0 amide bonds. The van der Waals surface area contributed by atoms with Gasteiger partial charge in [0.05, 0.1) is 0 Å². The molecule has 102 valence electrons. The molecule has 0 heteroatoms. The van der Waals surface area contributed by atoms with Crippen LogP contribution < -0.4 is 0 Å². The molecular weight excluding hydrogens is 228 g/mol. The van der Waals surface area contributed by atoms with Crippen LogP contribution in [0.15, 0.2) is 23.3 Å². The van der Waals surface area contributed by atoms with Gasteiger partial charge >= 0.3 is 0 Å². The Labute approximate surface area is 117 Å². The summed E-state index contributed by atoms with van der Waals surface area (Å²) < 4.78 is 0. The Morgan fingerprint density at radius 1 is 1.05 bits per heavy atom. The van der Waals surface area contributed by atoms with Gasteiger partial charge in [-0.15, -0.1) is 0 Å². The van der Waals surface area contributed by atoms with E-state index >= 15 is 0 Å². The molecule has 19 heavy (non-hydrogen) atoms. The first kappa shape index (κ1) is 11.2. The van der Waals surface area contributed by atoms with Crippen molar-refractivity contribution >= 4 is 0 Å². The van der Waals surface area contributed by atoms with E-state index in [1.807, 2.05) is 11.1 Å². The molecule has 5 aliphatic carbocycles. The maximum atomic E-state index is 2.64. The molecule has 0 radical (unpaired) electrons. The maximum Gasteiger partial charge on any atom is -0.00737 e. The SMILES string of the molecule is CCC1=C(CC)[C@]2(C)CC1C1C3C4C=CC(C4)C3C12. The third kappa shape index (κ3) is 0.977. The Kier molecular flexibility index (Phi) is 1.89. The van der Waals surface area contributed by atoms with E-state index in [1.54, 1.807) is 0 Å². The van der Waals surface area contributed by atoms with Gasteiger partial charge in [0, 0.05) is 0 Å². The van der Waals surface area contributed by atoms with Crippen molar-refractivity contribution in [3.05, 3.63) is 23.3 Å². The fraction of sp³-hybridized carbons (Fsp3) is 0.789. The molecule has 0 spiro atoms. The predicted octanol–water partition coefficient (Wildman–Crippen LogP) is 4.83. The van der Waals surface area contributed by atoms with Crippen LogP contribution in [0, 0.1) is 46.8 Å². The highest BCUT2D eigenvalue weighted by atomic mass is 14.8. The van der Waals surface area contributed by atoms with Crippen LogP contribution in [-0.4, -0.2) is 0 Å². The number of hydrogen-bond acceptors (Lipinski definition) is 0. The minimum Gasteiger partial charge on any atom is -0.0848 e. The third-order valence-corrected chi connectivity index (χ3v) is 7.96. The molecule has 0 aromatic carbocycles. The summed E-state index contributed by atoms with van der Waals surface area (Å²) in [4.78, 5) is 0. The minimum absolute atomic E-state index is 0.606. The minimum atomic E-state index is 0.606. The first-order valence-corrected chi connectivity index (χ1v) is 8.61. The third-order valence-electron chi connectivity index (χ3n) is 7.96. The monoisotopic (exact) mass is 254 g/mol. The Balaban J connectivity index is 1.62. The lowest BCUT2D eigenvalue weighted by molar-refractivity contribution is -0.0678. The maximum absolute atomic E-state index is 2.64. The average molecular weight is 254 g/mol. The normalized spacial score (nSPS) is 59.6. The topological polar surface area (TPSA) is 0 Å². The number of fused-ring (bicyclic) bond motifs is 12. The molecule has 4 bridgehead atoms. The highest BCUT2D eigenvalue weighted by Gasteiger charge is 2.73. The summed E-state index contributed by atoms with van der Waals surface area (Å²) in [6.07, 6.45) is 10.8. The Bertz CT molecular complexity index is 510. The standard InChI is InChI=1S/C19H26/c1-4-12-13-9-19(3,14(12)5-2)18-16-11-7-6-10(8-11)15(16)17(13)18/h6-7,10-11,13,15-18H,4-5,8-9H2,1-3H3/t10?,11?,13?,15?,16?,17?,18?,19-/m0/s1. The zero-order valence-corrected chi connectivity index (χ0v) is 12.5. The zero-order valence-electron chi connectivity index (χ0n) is 12.5. The Hall–Kier alpha value is -0.520. The van der Waals surface area contributed by atoms with Crippen LogP contribution in [0.1, 0.15) is 46.5 Å². The summed E-state index contributed by atoms with van der Waals surface area (Å²) in [5.41, 5.74) is 4.40.